The van der Waals surface area contributed by atoms with E-state index in [4.69, 9.17) is 5.11 Å². The third kappa shape index (κ3) is 5.63. The lowest BCUT2D eigenvalue weighted by atomic mass is 10.3. The van der Waals surface area contributed by atoms with Crippen LogP contribution in [0.1, 0.15) is 12.8 Å². The second-order valence-electron chi connectivity index (χ2n) is 1.24. The van der Waals surface area contributed by atoms with Crippen LogP contribution in [0.25, 0.3) is 0 Å². The zero-order valence-corrected chi connectivity index (χ0v) is 4.13. The first-order chi connectivity index (χ1) is 3.41. The average molecular weight is 101 g/mol. The van der Waals surface area contributed by atoms with Crippen LogP contribution in [0, 0.1) is 6.42 Å². The van der Waals surface area contributed by atoms with E-state index >= 15 is 0 Å². The monoisotopic (exact) mass is 101 g/mol. The minimum atomic E-state index is 0.171. The molecule has 0 atom stereocenters. The van der Waals surface area contributed by atoms with Crippen molar-refractivity contribution in [3.8, 4) is 0 Å². The maximum absolute atomic E-state index is 9.54. The molecule has 0 aliphatic carbocycles. The van der Waals surface area contributed by atoms with Gasteiger partial charge in [0.05, 0.1) is 0 Å². The molecule has 1 N–H and O–H groups in total. The molecule has 0 heterocycles. The summed E-state index contributed by atoms with van der Waals surface area (Å²) in [6.45, 7) is 0.171. The van der Waals surface area contributed by atoms with Gasteiger partial charge in [-0.3, -0.25) is 0 Å². The second-order valence-corrected chi connectivity index (χ2v) is 1.24. The quantitative estimate of drug-likeness (QED) is 0.404. The number of aliphatic hydroxyl groups excluding tert-OH is 1. The molecule has 0 aromatic heterocycles. The van der Waals surface area contributed by atoms with Crippen LogP contribution in [0.5, 0.6) is 0 Å². The number of hydrogen-bond acceptors (Lipinski definition) is 2. The lowest BCUT2D eigenvalue weighted by Gasteiger charge is -1.85. The van der Waals surface area contributed by atoms with Gasteiger partial charge >= 0.3 is 0 Å². The van der Waals surface area contributed by atoms with E-state index in [0.717, 1.165) is 6.29 Å². The Labute approximate surface area is 43.2 Å². The van der Waals surface area contributed by atoms with Crippen LogP contribution >= 0.6 is 0 Å². The zero-order valence-electron chi connectivity index (χ0n) is 4.13. The van der Waals surface area contributed by atoms with Crippen molar-refractivity contribution in [1.82, 2.24) is 0 Å². The van der Waals surface area contributed by atoms with Gasteiger partial charge in [-0.1, -0.05) is 0 Å². The van der Waals surface area contributed by atoms with E-state index in [2.05, 4.69) is 0 Å². The molecule has 0 fully saturated rings. The molecule has 0 aliphatic rings. The van der Waals surface area contributed by atoms with Crippen molar-refractivity contribution < 1.29 is 9.90 Å². The van der Waals surface area contributed by atoms with E-state index < -0.39 is 0 Å². The molecule has 0 amide bonds. The standard InChI is InChI=1S/C5H9O2/c6-4-2-1-3-5-7/h2,4,7H,1,3,5H2. The summed E-state index contributed by atoms with van der Waals surface area (Å²) in [4.78, 5) is 9.54. The van der Waals surface area contributed by atoms with Crippen molar-refractivity contribution in [2.45, 2.75) is 12.8 Å². The maximum atomic E-state index is 9.54. The number of aldehydes is 1. The number of hydrogen-bond donors (Lipinski definition) is 1. The van der Waals surface area contributed by atoms with E-state index in [0.29, 0.717) is 12.8 Å². The molecule has 0 rings (SSSR count). The van der Waals surface area contributed by atoms with Gasteiger partial charge in [-0.25, -0.2) is 0 Å². The summed E-state index contributed by atoms with van der Waals surface area (Å²) in [7, 11) is 0. The SMILES string of the molecule is O=C[CH]CCCO. The molecule has 2 heteroatoms. The molecule has 0 bridgehead atoms. The summed E-state index contributed by atoms with van der Waals surface area (Å²) < 4.78 is 0. The Hall–Kier alpha value is -0.370. The van der Waals surface area contributed by atoms with Gasteiger partial charge in [0.1, 0.15) is 6.29 Å². The molecule has 0 spiro atoms. The van der Waals surface area contributed by atoms with Crippen molar-refractivity contribution in [3.63, 3.8) is 0 Å². The van der Waals surface area contributed by atoms with Gasteiger partial charge in [0, 0.05) is 13.0 Å². The number of carbonyl (C=O) groups excluding carboxylic acids is 1. The number of unbranched alkanes of at least 4 members (excludes halogenated alkanes) is 2. The second kappa shape index (κ2) is 5.63. The number of aliphatic hydroxyl groups is 1. The highest BCUT2D eigenvalue weighted by Gasteiger charge is 1.81. The lowest BCUT2D eigenvalue weighted by Crippen LogP contribution is -1.82. The molecule has 0 saturated heterocycles. The molecular weight excluding hydrogens is 92.1 g/mol. The Morgan fingerprint density at radius 1 is 1.57 bits per heavy atom. The Kier molecular flexibility index (Phi) is 5.33. The fourth-order valence-corrected chi connectivity index (χ4v) is 0.277. The molecule has 0 aromatic rings. The largest absolute Gasteiger partial charge is 0.396 e. The minimum absolute atomic E-state index is 0.171. The highest BCUT2D eigenvalue weighted by molar-refractivity contribution is 5.60. The van der Waals surface area contributed by atoms with Crippen molar-refractivity contribution >= 4 is 6.29 Å². The fraction of sp³-hybridized carbons (Fsp3) is 0.600. The van der Waals surface area contributed by atoms with E-state index in [1.165, 1.54) is 6.42 Å². The zero-order chi connectivity index (χ0) is 5.54. The van der Waals surface area contributed by atoms with Crippen LogP contribution in [-0.4, -0.2) is 18.0 Å². The van der Waals surface area contributed by atoms with Crippen LogP contribution < -0.4 is 0 Å². The first kappa shape index (κ1) is 6.63. The first-order valence-electron chi connectivity index (χ1n) is 2.29. The summed E-state index contributed by atoms with van der Waals surface area (Å²) in [5, 5.41) is 8.16. The van der Waals surface area contributed by atoms with Gasteiger partial charge in [-0.2, -0.15) is 0 Å². The Bertz CT molecular complexity index is 43.3. The van der Waals surface area contributed by atoms with Crippen molar-refractivity contribution in [2.24, 2.45) is 0 Å². The highest BCUT2D eigenvalue weighted by Crippen LogP contribution is 1.86. The van der Waals surface area contributed by atoms with Crippen molar-refractivity contribution in [1.29, 1.82) is 0 Å². The molecule has 0 aliphatic heterocycles. The van der Waals surface area contributed by atoms with E-state index in [9.17, 15) is 4.79 Å². The van der Waals surface area contributed by atoms with Gasteiger partial charge in [-0.15, -0.1) is 0 Å². The Morgan fingerprint density at radius 3 is 2.71 bits per heavy atom. The lowest BCUT2D eigenvalue weighted by molar-refractivity contribution is -0.105. The third-order valence-electron chi connectivity index (χ3n) is 0.625. The fourth-order valence-electron chi connectivity index (χ4n) is 0.277. The molecule has 7 heavy (non-hydrogen) atoms. The smallest absolute Gasteiger partial charge is 0.123 e. The van der Waals surface area contributed by atoms with Crippen LogP contribution in [-0.2, 0) is 4.79 Å². The summed E-state index contributed by atoms with van der Waals surface area (Å²) >= 11 is 0. The third-order valence-corrected chi connectivity index (χ3v) is 0.625. The topological polar surface area (TPSA) is 37.3 Å². The summed E-state index contributed by atoms with van der Waals surface area (Å²) in [5.74, 6) is 0. The highest BCUT2D eigenvalue weighted by atomic mass is 16.2. The normalized spacial score (nSPS) is 8.71. The van der Waals surface area contributed by atoms with E-state index in [-0.39, 0.29) is 6.61 Å². The predicted octanol–water partition coefficient (Wildman–Crippen LogP) is 0.162. The number of rotatable bonds is 4. The summed E-state index contributed by atoms with van der Waals surface area (Å²) in [6.07, 6.45) is 3.63. The summed E-state index contributed by atoms with van der Waals surface area (Å²) in [5.41, 5.74) is 0. The van der Waals surface area contributed by atoms with Crippen LogP contribution in [0.3, 0.4) is 0 Å². The predicted molar refractivity (Wildman–Crippen MR) is 26.7 cm³/mol. The molecular formula is C5H9O2. The van der Waals surface area contributed by atoms with Gasteiger partial charge in [0.25, 0.3) is 0 Å². The molecule has 1 radical (unpaired) electrons. The molecule has 0 saturated carbocycles. The van der Waals surface area contributed by atoms with Crippen LogP contribution in [0.4, 0.5) is 0 Å². The Balaban J connectivity index is 2.56. The minimum Gasteiger partial charge on any atom is -0.396 e. The van der Waals surface area contributed by atoms with E-state index in [1.807, 2.05) is 0 Å². The van der Waals surface area contributed by atoms with Crippen LogP contribution in [0.2, 0.25) is 0 Å². The molecule has 0 unspecified atom stereocenters. The average Bonchev–Trinajstić information content (AvgIpc) is 1.69. The molecule has 2 nitrogen and oxygen atoms in total. The van der Waals surface area contributed by atoms with Crippen molar-refractivity contribution in [3.05, 3.63) is 6.42 Å². The van der Waals surface area contributed by atoms with Gasteiger partial charge < -0.3 is 9.90 Å². The molecule has 0 aromatic carbocycles. The van der Waals surface area contributed by atoms with E-state index in [1.54, 1.807) is 0 Å². The Morgan fingerprint density at radius 2 is 2.29 bits per heavy atom. The van der Waals surface area contributed by atoms with Gasteiger partial charge in [-0.05, 0) is 12.8 Å². The first-order valence-corrected chi connectivity index (χ1v) is 2.29. The maximum Gasteiger partial charge on any atom is 0.123 e. The van der Waals surface area contributed by atoms with Crippen LogP contribution in [0.15, 0.2) is 0 Å². The molecule has 41 valence electrons. The van der Waals surface area contributed by atoms with Gasteiger partial charge in [0.15, 0.2) is 0 Å². The number of carbonyl (C=O) groups is 1. The van der Waals surface area contributed by atoms with Crippen molar-refractivity contribution in [2.75, 3.05) is 6.61 Å². The summed E-state index contributed by atoms with van der Waals surface area (Å²) in [6, 6.07) is 0. The van der Waals surface area contributed by atoms with Gasteiger partial charge in [0.2, 0.25) is 0 Å².